The smallest absolute Gasteiger partial charge is 0.0765 e. The summed E-state index contributed by atoms with van der Waals surface area (Å²) in [5.41, 5.74) is 3.29. The lowest BCUT2D eigenvalue weighted by molar-refractivity contribution is 0.0448. The lowest BCUT2D eigenvalue weighted by atomic mass is 9.87. The Labute approximate surface area is 93.7 Å². The first-order valence-corrected chi connectivity index (χ1v) is 5.97. The number of hydrogen-bond donors (Lipinski definition) is 2. The molecule has 0 aliphatic heterocycles. The highest BCUT2D eigenvalue weighted by molar-refractivity contribution is 4.89. The monoisotopic (exact) mass is 214 g/mol. The van der Waals surface area contributed by atoms with E-state index in [1.165, 1.54) is 19.3 Å². The summed E-state index contributed by atoms with van der Waals surface area (Å²) in [7, 11) is 1.80. The fraction of sp³-hybridized carbons (Fsp3) is 1.00. The summed E-state index contributed by atoms with van der Waals surface area (Å²) in [6.07, 6.45) is 5.17. The minimum Gasteiger partial charge on any atom is -0.379 e. The van der Waals surface area contributed by atoms with Gasteiger partial charge in [-0.05, 0) is 37.0 Å². The van der Waals surface area contributed by atoms with Gasteiger partial charge < -0.3 is 4.74 Å². The Kier molecular flexibility index (Phi) is 4.56. The van der Waals surface area contributed by atoms with Crippen LogP contribution in [-0.2, 0) is 4.74 Å². The average Bonchev–Trinajstić information content (AvgIpc) is 2.94. The van der Waals surface area contributed by atoms with Crippen LogP contribution in [0.2, 0.25) is 0 Å². The van der Waals surface area contributed by atoms with Gasteiger partial charge in [-0.25, -0.2) is 0 Å². The maximum atomic E-state index is 5.61. The van der Waals surface area contributed by atoms with E-state index in [4.69, 9.17) is 10.6 Å². The minimum atomic E-state index is 0.303. The van der Waals surface area contributed by atoms with E-state index in [1.54, 1.807) is 7.11 Å². The van der Waals surface area contributed by atoms with Gasteiger partial charge in [-0.3, -0.25) is 11.3 Å². The quantitative estimate of drug-likeness (QED) is 0.525. The summed E-state index contributed by atoms with van der Waals surface area (Å²) >= 11 is 0. The second kappa shape index (κ2) is 5.28. The molecule has 0 bridgehead atoms. The average molecular weight is 214 g/mol. The fourth-order valence-corrected chi connectivity index (χ4v) is 2.04. The van der Waals surface area contributed by atoms with Gasteiger partial charge in [-0.2, -0.15) is 0 Å². The van der Waals surface area contributed by atoms with Gasteiger partial charge in [0, 0.05) is 13.2 Å². The summed E-state index contributed by atoms with van der Waals surface area (Å²) in [5.74, 6) is 6.35. The number of nitrogens with two attached hydrogens (primary N) is 1. The summed E-state index contributed by atoms with van der Waals surface area (Å²) < 4.78 is 5.55. The second-order valence-electron chi connectivity index (χ2n) is 5.91. The van der Waals surface area contributed by atoms with Crippen molar-refractivity contribution >= 4 is 0 Å². The van der Waals surface area contributed by atoms with Crippen molar-refractivity contribution in [3.63, 3.8) is 0 Å². The van der Waals surface area contributed by atoms with E-state index in [2.05, 4.69) is 26.2 Å². The lowest BCUT2D eigenvalue weighted by Crippen LogP contribution is -2.46. The molecule has 2 atom stereocenters. The van der Waals surface area contributed by atoms with Crippen LogP contribution < -0.4 is 11.3 Å². The Bertz CT molecular complexity index is 185. The van der Waals surface area contributed by atoms with E-state index < -0.39 is 0 Å². The lowest BCUT2D eigenvalue weighted by Gasteiger charge is -2.28. The predicted molar refractivity (Wildman–Crippen MR) is 63.3 cm³/mol. The van der Waals surface area contributed by atoms with Gasteiger partial charge in [0.05, 0.1) is 6.10 Å². The summed E-state index contributed by atoms with van der Waals surface area (Å²) in [6.45, 7) is 6.79. The highest BCUT2D eigenvalue weighted by atomic mass is 16.5. The number of hydrazine groups is 1. The molecule has 1 fully saturated rings. The molecular formula is C12H26N2O. The first-order valence-electron chi connectivity index (χ1n) is 5.97. The van der Waals surface area contributed by atoms with Crippen molar-refractivity contribution in [1.82, 2.24) is 5.43 Å². The topological polar surface area (TPSA) is 47.3 Å². The van der Waals surface area contributed by atoms with Crippen molar-refractivity contribution < 1.29 is 4.74 Å². The molecule has 15 heavy (non-hydrogen) atoms. The summed E-state index contributed by atoms with van der Waals surface area (Å²) in [4.78, 5) is 0. The van der Waals surface area contributed by atoms with Gasteiger partial charge in [-0.1, -0.05) is 20.8 Å². The van der Waals surface area contributed by atoms with Crippen molar-refractivity contribution in [2.24, 2.45) is 17.2 Å². The molecule has 90 valence electrons. The van der Waals surface area contributed by atoms with E-state index in [1.807, 2.05) is 0 Å². The molecule has 2 unspecified atom stereocenters. The van der Waals surface area contributed by atoms with Crippen LogP contribution in [0.25, 0.3) is 0 Å². The van der Waals surface area contributed by atoms with Crippen LogP contribution in [0, 0.1) is 11.3 Å². The van der Waals surface area contributed by atoms with Crippen LogP contribution in [0.15, 0.2) is 0 Å². The first-order chi connectivity index (χ1) is 6.98. The maximum Gasteiger partial charge on any atom is 0.0765 e. The number of rotatable bonds is 6. The molecule has 3 nitrogen and oxygen atoms in total. The molecule has 3 heteroatoms. The van der Waals surface area contributed by atoms with E-state index in [9.17, 15) is 0 Å². The van der Waals surface area contributed by atoms with E-state index in [0.717, 1.165) is 12.3 Å². The number of nitrogens with one attached hydrogen (secondary N) is 1. The Morgan fingerprint density at radius 3 is 2.33 bits per heavy atom. The molecule has 0 amide bonds. The largest absolute Gasteiger partial charge is 0.379 e. The molecule has 1 aliphatic carbocycles. The van der Waals surface area contributed by atoms with Crippen LogP contribution in [0.1, 0.15) is 46.5 Å². The second-order valence-corrected chi connectivity index (χ2v) is 5.91. The molecule has 3 N–H and O–H groups in total. The van der Waals surface area contributed by atoms with Gasteiger partial charge in [0.1, 0.15) is 0 Å². The highest BCUT2D eigenvalue weighted by Crippen LogP contribution is 2.37. The molecular weight excluding hydrogens is 188 g/mol. The van der Waals surface area contributed by atoms with Crippen molar-refractivity contribution in [1.29, 1.82) is 0 Å². The zero-order valence-corrected chi connectivity index (χ0v) is 10.5. The standard InChI is InChI=1S/C12H26N2O/c1-12(2,3)8-7-10(14-13)11(15-4)9-5-6-9/h9-11,14H,5-8,13H2,1-4H3. The molecule has 0 aromatic carbocycles. The number of ether oxygens (including phenoxy) is 1. The Morgan fingerprint density at radius 1 is 1.40 bits per heavy atom. The highest BCUT2D eigenvalue weighted by Gasteiger charge is 2.36. The molecule has 1 aliphatic rings. The van der Waals surface area contributed by atoms with E-state index >= 15 is 0 Å². The van der Waals surface area contributed by atoms with Crippen molar-refractivity contribution in [2.75, 3.05) is 7.11 Å². The fourth-order valence-electron chi connectivity index (χ4n) is 2.04. The number of hydrogen-bond acceptors (Lipinski definition) is 3. The normalized spacial score (nSPS) is 21.4. The van der Waals surface area contributed by atoms with Crippen LogP contribution in [0.5, 0.6) is 0 Å². The van der Waals surface area contributed by atoms with Gasteiger partial charge in [-0.15, -0.1) is 0 Å². The molecule has 0 aromatic heterocycles. The van der Waals surface area contributed by atoms with Crippen LogP contribution in [0.4, 0.5) is 0 Å². The zero-order chi connectivity index (χ0) is 11.5. The SMILES string of the molecule is COC(C1CC1)C(CCC(C)(C)C)NN. The number of methoxy groups -OCH3 is 1. The van der Waals surface area contributed by atoms with Gasteiger partial charge in [0.15, 0.2) is 0 Å². The van der Waals surface area contributed by atoms with Crippen LogP contribution in [0.3, 0.4) is 0 Å². The van der Waals surface area contributed by atoms with Crippen LogP contribution in [-0.4, -0.2) is 19.3 Å². The van der Waals surface area contributed by atoms with Gasteiger partial charge in [0.2, 0.25) is 0 Å². The molecule has 0 heterocycles. The van der Waals surface area contributed by atoms with Crippen molar-refractivity contribution in [2.45, 2.75) is 58.6 Å². The van der Waals surface area contributed by atoms with E-state index in [0.29, 0.717) is 17.6 Å². The first kappa shape index (κ1) is 12.9. The molecule has 1 rings (SSSR count). The molecule has 0 aromatic rings. The van der Waals surface area contributed by atoms with Crippen molar-refractivity contribution in [3.05, 3.63) is 0 Å². The Hall–Kier alpha value is -0.120. The Balaban J connectivity index is 2.39. The predicted octanol–water partition coefficient (Wildman–Crippen LogP) is 2.07. The molecule has 0 spiro atoms. The third kappa shape index (κ3) is 4.49. The van der Waals surface area contributed by atoms with Crippen molar-refractivity contribution in [3.8, 4) is 0 Å². The third-order valence-corrected chi connectivity index (χ3v) is 3.17. The minimum absolute atomic E-state index is 0.303. The maximum absolute atomic E-state index is 5.61. The molecule has 0 radical (unpaired) electrons. The van der Waals surface area contributed by atoms with Gasteiger partial charge >= 0.3 is 0 Å². The zero-order valence-electron chi connectivity index (χ0n) is 10.5. The Morgan fingerprint density at radius 2 is 2.00 bits per heavy atom. The molecule has 1 saturated carbocycles. The van der Waals surface area contributed by atoms with Crippen LogP contribution >= 0.6 is 0 Å². The summed E-state index contributed by atoms with van der Waals surface area (Å²) in [6, 6.07) is 0.307. The summed E-state index contributed by atoms with van der Waals surface area (Å²) in [5, 5.41) is 0. The molecule has 0 saturated heterocycles. The third-order valence-electron chi connectivity index (χ3n) is 3.17. The van der Waals surface area contributed by atoms with Gasteiger partial charge in [0.25, 0.3) is 0 Å². The van der Waals surface area contributed by atoms with E-state index in [-0.39, 0.29) is 0 Å².